The summed E-state index contributed by atoms with van der Waals surface area (Å²) in [5, 5.41) is 3.40. The molecule has 1 fully saturated rings. The molecule has 2 heterocycles. The summed E-state index contributed by atoms with van der Waals surface area (Å²) in [6, 6.07) is 0.532. The van der Waals surface area contributed by atoms with Crippen molar-refractivity contribution in [3.05, 3.63) is 16.1 Å². The summed E-state index contributed by atoms with van der Waals surface area (Å²) < 4.78 is 0.939. The van der Waals surface area contributed by atoms with Gasteiger partial charge in [0.2, 0.25) is 0 Å². The number of aromatic nitrogens is 2. The monoisotopic (exact) mass is 304 g/mol. The van der Waals surface area contributed by atoms with Crippen LogP contribution in [0.1, 0.15) is 6.92 Å². The second kappa shape index (κ2) is 4.39. The van der Waals surface area contributed by atoms with Crippen LogP contribution in [-0.2, 0) is 0 Å². The van der Waals surface area contributed by atoms with Gasteiger partial charge in [0.1, 0.15) is 9.52 Å². The van der Waals surface area contributed by atoms with Gasteiger partial charge in [0.05, 0.1) is 12.4 Å². The Labute approximate surface area is 97.3 Å². The van der Waals surface area contributed by atoms with Gasteiger partial charge in [0.25, 0.3) is 0 Å². The lowest BCUT2D eigenvalue weighted by atomic mass is 10.2. The molecule has 0 aromatic carbocycles. The molecule has 1 saturated heterocycles. The molecular weight excluding hydrogens is 291 g/mol. The number of hydrogen-bond donors (Lipinski definition) is 1. The first kappa shape index (κ1) is 10.1. The van der Waals surface area contributed by atoms with Crippen LogP contribution in [0, 0.1) is 3.70 Å². The highest BCUT2D eigenvalue weighted by atomic mass is 127. The third kappa shape index (κ3) is 2.33. The maximum absolute atomic E-state index is 4.36. The summed E-state index contributed by atoms with van der Waals surface area (Å²) in [4.78, 5) is 10.9. The molecule has 1 aromatic heterocycles. The highest BCUT2D eigenvalue weighted by molar-refractivity contribution is 14.1. The maximum Gasteiger partial charge on any atom is 0.147 e. The average molecular weight is 304 g/mol. The molecule has 1 aromatic rings. The highest BCUT2D eigenvalue weighted by Gasteiger charge is 2.16. The summed E-state index contributed by atoms with van der Waals surface area (Å²) in [6.07, 6.45) is 3.66. The first-order valence-electron chi connectivity index (χ1n) is 4.71. The van der Waals surface area contributed by atoms with E-state index in [4.69, 9.17) is 0 Å². The SMILES string of the molecule is C[C@@H]1CN(c2cnc(I)cn2)CCN1. The first-order valence-corrected chi connectivity index (χ1v) is 5.79. The van der Waals surface area contributed by atoms with Crippen LogP contribution in [0.5, 0.6) is 0 Å². The normalized spacial score (nSPS) is 22.4. The van der Waals surface area contributed by atoms with Gasteiger partial charge in [0, 0.05) is 25.7 Å². The van der Waals surface area contributed by atoms with Crippen LogP contribution in [0.25, 0.3) is 0 Å². The minimum atomic E-state index is 0.532. The van der Waals surface area contributed by atoms with Crippen LogP contribution >= 0.6 is 22.6 Å². The van der Waals surface area contributed by atoms with Crippen LogP contribution in [0.15, 0.2) is 12.4 Å². The third-order valence-electron chi connectivity index (χ3n) is 2.30. The van der Waals surface area contributed by atoms with Crippen molar-refractivity contribution in [1.82, 2.24) is 15.3 Å². The van der Waals surface area contributed by atoms with Crippen molar-refractivity contribution < 1.29 is 0 Å². The van der Waals surface area contributed by atoms with E-state index in [0.717, 1.165) is 29.2 Å². The van der Waals surface area contributed by atoms with Crippen molar-refractivity contribution in [3.8, 4) is 0 Å². The third-order valence-corrected chi connectivity index (χ3v) is 2.86. The molecule has 0 bridgehead atoms. The van der Waals surface area contributed by atoms with E-state index in [1.807, 2.05) is 12.4 Å². The number of hydrogen-bond acceptors (Lipinski definition) is 4. The molecule has 0 amide bonds. The van der Waals surface area contributed by atoms with E-state index in [0.29, 0.717) is 6.04 Å². The summed E-state index contributed by atoms with van der Waals surface area (Å²) in [7, 11) is 0. The van der Waals surface area contributed by atoms with Crippen LogP contribution in [-0.4, -0.2) is 35.6 Å². The van der Waals surface area contributed by atoms with Gasteiger partial charge in [-0.15, -0.1) is 0 Å². The predicted molar refractivity (Wildman–Crippen MR) is 64.4 cm³/mol. The van der Waals surface area contributed by atoms with E-state index >= 15 is 0 Å². The minimum absolute atomic E-state index is 0.532. The van der Waals surface area contributed by atoms with Gasteiger partial charge in [-0.2, -0.15) is 0 Å². The largest absolute Gasteiger partial charge is 0.353 e. The Morgan fingerprint density at radius 3 is 3.00 bits per heavy atom. The Morgan fingerprint density at radius 2 is 2.36 bits per heavy atom. The average Bonchev–Trinajstić information content (AvgIpc) is 2.19. The van der Waals surface area contributed by atoms with Crippen LogP contribution < -0.4 is 10.2 Å². The molecule has 0 saturated carbocycles. The zero-order chi connectivity index (χ0) is 9.97. The number of rotatable bonds is 1. The molecule has 1 atom stereocenters. The molecule has 1 N–H and O–H groups in total. The number of piperazine rings is 1. The maximum atomic E-state index is 4.36. The molecule has 0 unspecified atom stereocenters. The quantitative estimate of drug-likeness (QED) is 0.782. The van der Waals surface area contributed by atoms with Gasteiger partial charge < -0.3 is 10.2 Å². The molecule has 5 heteroatoms. The minimum Gasteiger partial charge on any atom is -0.353 e. The summed E-state index contributed by atoms with van der Waals surface area (Å²) in [5.74, 6) is 0.985. The molecule has 1 aliphatic heterocycles. The van der Waals surface area contributed by atoms with Gasteiger partial charge in [-0.1, -0.05) is 0 Å². The molecular formula is C9H13IN4. The van der Waals surface area contributed by atoms with Crippen molar-refractivity contribution in [2.24, 2.45) is 0 Å². The second-order valence-corrected chi connectivity index (χ2v) is 4.60. The topological polar surface area (TPSA) is 41.1 Å². The molecule has 0 radical (unpaired) electrons. The summed E-state index contributed by atoms with van der Waals surface area (Å²) >= 11 is 2.17. The van der Waals surface area contributed by atoms with Crippen molar-refractivity contribution in [1.29, 1.82) is 0 Å². The number of nitrogens with one attached hydrogen (secondary N) is 1. The first-order chi connectivity index (χ1) is 6.75. The number of anilines is 1. The number of nitrogens with zero attached hydrogens (tertiary/aromatic N) is 3. The Balaban J connectivity index is 2.10. The lowest BCUT2D eigenvalue weighted by Crippen LogP contribution is -2.49. The fourth-order valence-electron chi connectivity index (χ4n) is 1.61. The molecule has 0 spiro atoms. The Bertz CT molecular complexity index is 300. The molecule has 1 aliphatic rings. The molecule has 14 heavy (non-hydrogen) atoms. The second-order valence-electron chi connectivity index (χ2n) is 3.50. The fourth-order valence-corrected chi connectivity index (χ4v) is 1.89. The van der Waals surface area contributed by atoms with E-state index in [1.165, 1.54) is 0 Å². The predicted octanol–water partition coefficient (Wildman–Crippen LogP) is 0.879. The van der Waals surface area contributed by atoms with E-state index in [9.17, 15) is 0 Å². The van der Waals surface area contributed by atoms with Gasteiger partial charge in [-0.3, -0.25) is 0 Å². The van der Waals surface area contributed by atoms with Gasteiger partial charge >= 0.3 is 0 Å². The van der Waals surface area contributed by atoms with Crippen molar-refractivity contribution in [2.45, 2.75) is 13.0 Å². The van der Waals surface area contributed by atoms with Crippen molar-refractivity contribution in [3.63, 3.8) is 0 Å². The van der Waals surface area contributed by atoms with Crippen LogP contribution in [0.4, 0.5) is 5.82 Å². The highest BCUT2D eigenvalue weighted by Crippen LogP contribution is 2.11. The lowest BCUT2D eigenvalue weighted by Gasteiger charge is -2.32. The Morgan fingerprint density at radius 1 is 1.50 bits per heavy atom. The molecule has 76 valence electrons. The van der Waals surface area contributed by atoms with E-state index in [-0.39, 0.29) is 0 Å². The smallest absolute Gasteiger partial charge is 0.147 e. The van der Waals surface area contributed by atoms with Crippen molar-refractivity contribution in [2.75, 3.05) is 24.5 Å². The Hall–Kier alpha value is -0.430. The van der Waals surface area contributed by atoms with Gasteiger partial charge in [-0.25, -0.2) is 9.97 Å². The van der Waals surface area contributed by atoms with Gasteiger partial charge in [0.15, 0.2) is 0 Å². The van der Waals surface area contributed by atoms with Gasteiger partial charge in [-0.05, 0) is 29.5 Å². The Kier molecular flexibility index (Phi) is 3.17. The van der Waals surface area contributed by atoms with E-state index in [2.05, 4.69) is 49.7 Å². The summed E-state index contributed by atoms with van der Waals surface area (Å²) in [6.45, 7) is 5.23. The molecule has 4 nitrogen and oxygen atoms in total. The molecule has 0 aliphatic carbocycles. The summed E-state index contributed by atoms with van der Waals surface area (Å²) in [5.41, 5.74) is 0. The standard InChI is InChI=1S/C9H13IN4/c1-7-6-14(3-2-11-7)9-5-12-8(10)4-13-9/h4-5,7,11H,2-3,6H2,1H3/t7-/m1/s1. The van der Waals surface area contributed by atoms with Crippen LogP contribution in [0.2, 0.25) is 0 Å². The fraction of sp³-hybridized carbons (Fsp3) is 0.556. The zero-order valence-electron chi connectivity index (χ0n) is 8.07. The van der Waals surface area contributed by atoms with Crippen LogP contribution in [0.3, 0.4) is 0 Å². The zero-order valence-corrected chi connectivity index (χ0v) is 10.2. The van der Waals surface area contributed by atoms with E-state index < -0.39 is 0 Å². The van der Waals surface area contributed by atoms with Crippen molar-refractivity contribution >= 4 is 28.4 Å². The molecule has 2 rings (SSSR count). The lowest BCUT2D eigenvalue weighted by molar-refractivity contribution is 0.482. The number of halogens is 1. The van der Waals surface area contributed by atoms with E-state index in [1.54, 1.807) is 0 Å².